The van der Waals surface area contributed by atoms with Gasteiger partial charge in [-0.15, -0.1) is 0 Å². The number of nitrogens with one attached hydrogen (secondary N) is 1. The molecule has 2 rings (SSSR count). The van der Waals surface area contributed by atoms with Crippen molar-refractivity contribution in [3.05, 3.63) is 34.6 Å². The number of rotatable bonds is 2. The lowest BCUT2D eigenvalue weighted by molar-refractivity contribution is 0.497. The van der Waals surface area contributed by atoms with E-state index in [-0.39, 0.29) is 17.1 Å². The molecule has 1 saturated heterocycles. The smallest absolute Gasteiger partial charge is 0.142 e. The molecule has 0 unspecified atom stereocenters. The molecule has 0 amide bonds. The summed E-state index contributed by atoms with van der Waals surface area (Å²) >= 11 is 5.61. The van der Waals surface area contributed by atoms with Crippen LogP contribution < -0.4 is 11.1 Å². The quantitative estimate of drug-likeness (QED) is 0.815. The molecule has 1 aliphatic rings. The third-order valence-corrected chi connectivity index (χ3v) is 3.17. The molecule has 0 saturated carbocycles. The Morgan fingerprint density at radius 3 is 2.93 bits per heavy atom. The second kappa shape index (κ2) is 4.47. The molecule has 0 bridgehead atoms. The van der Waals surface area contributed by atoms with E-state index in [2.05, 4.69) is 5.32 Å². The average molecular weight is 229 g/mol. The van der Waals surface area contributed by atoms with Crippen LogP contribution in [0.4, 0.5) is 4.39 Å². The van der Waals surface area contributed by atoms with Crippen LogP contribution in [0, 0.1) is 5.82 Å². The lowest BCUT2D eigenvalue weighted by Crippen LogP contribution is -2.34. The van der Waals surface area contributed by atoms with E-state index in [4.69, 9.17) is 17.3 Å². The highest BCUT2D eigenvalue weighted by molar-refractivity contribution is 6.30. The first kappa shape index (κ1) is 10.9. The first-order valence-corrected chi connectivity index (χ1v) is 5.50. The first-order valence-electron chi connectivity index (χ1n) is 5.12. The van der Waals surface area contributed by atoms with Crippen molar-refractivity contribution in [3.8, 4) is 0 Å². The minimum absolute atomic E-state index is 0.144. The van der Waals surface area contributed by atoms with Gasteiger partial charge >= 0.3 is 0 Å². The average Bonchev–Trinajstić information content (AvgIpc) is 2.74. The predicted molar refractivity (Wildman–Crippen MR) is 59.4 cm³/mol. The van der Waals surface area contributed by atoms with E-state index in [0.717, 1.165) is 24.9 Å². The highest BCUT2D eigenvalue weighted by Crippen LogP contribution is 2.24. The van der Waals surface area contributed by atoms with Crippen LogP contribution in [0.5, 0.6) is 0 Å². The van der Waals surface area contributed by atoms with Gasteiger partial charge in [-0.25, -0.2) is 4.39 Å². The molecule has 0 spiro atoms. The Kier molecular flexibility index (Phi) is 3.24. The van der Waals surface area contributed by atoms with Crippen molar-refractivity contribution in [2.75, 3.05) is 6.54 Å². The van der Waals surface area contributed by atoms with Gasteiger partial charge in [-0.3, -0.25) is 0 Å². The summed E-state index contributed by atoms with van der Waals surface area (Å²) in [6, 6.07) is 4.87. The van der Waals surface area contributed by atoms with Crippen LogP contribution >= 0.6 is 11.6 Å². The van der Waals surface area contributed by atoms with Gasteiger partial charge in [0.25, 0.3) is 0 Å². The Labute approximate surface area is 93.6 Å². The minimum atomic E-state index is -0.400. The van der Waals surface area contributed by atoms with Crippen molar-refractivity contribution in [1.82, 2.24) is 5.32 Å². The Hall–Kier alpha value is -0.640. The molecular formula is C11H14ClFN2. The van der Waals surface area contributed by atoms with Crippen molar-refractivity contribution in [2.45, 2.75) is 24.9 Å². The van der Waals surface area contributed by atoms with Gasteiger partial charge in [-0.1, -0.05) is 17.7 Å². The van der Waals surface area contributed by atoms with Crippen molar-refractivity contribution in [3.63, 3.8) is 0 Å². The summed E-state index contributed by atoms with van der Waals surface area (Å²) < 4.78 is 13.2. The third-order valence-electron chi connectivity index (χ3n) is 2.86. The Morgan fingerprint density at radius 1 is 1.53 bits per heavy atom. The van der Waals surface area contributed by atoms with Crippen molar-refractivity contribution in [2.24, 2.45) is 5.73 Å². The van der Waals surface area contributed by atoms with Crippen LogP contribution in [0.1, 0.15) is 24.4 Å². The standard InChI is InChI=1S/C11H14ClFN2/c12-8-4-3-7(6-9(8)13)11(14)10-2-1-5-15-10/h3-4,6,10-11,15H,1-2,5,14H2/t10-,11-/m0/s1. The van der Waals surface area contributed by atoms with E-state index in [9.17, 15) is 4.39 Å². The van der Waals surface area contributed by atoms with Gasteiger partial charge in [0, 0.05) is 12.1 Å². The molecule has 3 N–H and O–H groups in total. The van der Waals surface area contributed by atoms with Crippen LogP contribution in [0.15, 0.2) is 18.2 Å². The van der Waals surface area contributed by atoms with Gasteiger partial charge in [-0.2, -0.15) is 0 Å². The molecule has 4 heteroatoms. The van der Waals surface area contributed by atoms with E-state index >= 15 is 0 Å². The summed E-state index contributed by atoms with van der Waals surface area (Å²) in [4.78, 5) is 0. The maximum atomic E-state index is 13.2. The zero-order chi connectivity index (χ0) is 10.8. The molecule has 82 valence electrons. The number of benzene rings is 1. The van der Waals surface area contributed by atoms with Gasteiger partial charge in [0.15, 0.2) is 0 Å². The van der Waals surface area contributed by atoms with Crippen LogP contribution in [0.2, 0.25) is 5.02 Å². The van der Waals surface area contributed by atoms with Gasteiger partial charge in [-0.05, 0) is 37.1 Å². The fourth-order valence-corrected chi connectivity index (χ4v) is 2.09. The van der Waals surface area contributed by atoms with E-state index in [1.165, 1.54) is 6.07 Å². The topological polar surface area (TPSA) is 38.0 Å². The molecule has 1 aromatic rings. The SMILES string of the molecule is N[C@@H](c1ccc(Cl)c(F)c1)[C@@H]1CCCN1. The molecule has 15 heavy (non-hydrogen) atoms. The van der Waals surface area contributed by atoms with Gasteiger partial charge in [0.05, 0.1) is 5.02 Å². The maximum Gasteiger partial charge on any atom is 0.142 e. The Bertz CT molecular complexity index is 350. The highest BCUT2D eigenvalue weighted by Gasteiger charge is 2.23. The molecular weight excluding hydrogens is 215 g/mol. The molecule has 1 heterocycles. The number of hydrogen-bond donors (Lipinski definition) is 2. The molecule has 0 radical (unpaired) electrons. The molecule has 1 aliphatic heterocycles. The van der Waals surface area contributed by atoms with Crippen molar-refractivity contribution < 1.29 is 4.39 Å². The summed E-state index contributed by atoms with van der Waals surface area (Å²) in [5, 5.41) is 3.45. The summed E-state index contributed by atoms with van der Waals surface area (Å²) in [6.45, 7) is 0.994. The normalized spacial score (nSPS) is 23.0. The van der Waals surface area contributed by atoms with Crippen LogP contribution in [0.25, 0.3) is 0 Å². The van der Waals surface area contributed by atoms with E-state index in [1.54, 1.807) is 12.1 Å². The molecule has 1 fully saturated rings. The van der Waals surface area contributed by atoms with E-state index in [0.29, 0.717) is 0 Å². The van der Waals surface area contributed by atoms with Crippen molar-refractivity contribution in [1.29, 1.82) is 0 Å². The summed E-state index contributed by atoms with van der Waals surface area (Å²) in [5.41, 5.74) is 6.85. The maximum absolute atomic E-state index is 13.2. The second-order valence-electron chi connectivity index (χ2n) is 3.90. The summed E-state index contributed by atoms with van der Waals surface area (Å²) in [7, 11) is 0. The van der Waals surface area contributed by atoms with Gasteiger partial charge in [0.1, 0.15) is 5.82 Å². The Balaban J connectivity index is 2.17. The first-order chi connectivity index (χ1) is 7.18. The van der Waals surface area contributed by atoms with Crippen LogP contribution in [-0.4, -0.2) is 12.6 Å². The zero-order valence-corrected chi connectivity index (χ0v) is 9.10. The number of nitrogens with two attached hydrogens (primary N) is 1. The largest absolute Gasteiger partial charge is 0.323 e. The molecule has 1 aromatic carbocycles. The van der Waals surface area contributed by atoms with Gasteiger partial charge in [0.2, 0.25) is 0 Å². The fraction of sp³-hybridized carbons (Fsp3) is 0.455. The van der Waals surface area contributed by atoms with Gasteiger partial charge < -0.3 is 11.1 Å². The fourth-order valence-electron chi connectivity index (χ4n) is 1.97. The summed E-state index contributed by atoms with van der Waals surface area (Å²) in [5.74, 6) is -0.400. The molecule has 0 aromatic heterocycles. The monoisotopic (exact) mass is 228 g/mol. The summed E-state index contributed by atoms with van der Waals surface area (Å²) in [6.07, 6.45) is 2.18. The molecule has 0 aliphatic carbocycles. The Morgan fingerprint density at radius 2 is 2.33 bits per heavy atom. The lowest BCUT2D eigenvalue weighted by Gasteiger charge is -2.19. The van der Waals surface area contributed by atoms with Crippen LogP contribution in [0.3, 0.4) is 0 Å². The molecule has 2 nitrogen and oxygen atoms in total. The highest BCUT2D eigenvalue weighted by atomic mass is 35.5. The third kappa shape index (κ3) is 2.30. The lowest BCUT2D eigenvalue weighted by atomic mass is 9.99. The number of halogens is 2. The predicted octanol–water partition coefficient (Wildman–Crippen LogP) is 2.23. The van der Waals surface area contributed by atoms with Crippen molar-refractivity contribution >= 4 is 11.6 Å². The second-order valence-corrected chi connectivity index (χ2v) is 4.31. The van der Waals surface area contributed by atoms with E-state index < -0.39 is 5.82 Å². The van der Waals surface area contributed by atoms with Crippen LogP contribution in [-0.2, 0) is 0 Å². The zero-order valence-electron chi connectivity index (χ0n) is 8.34. The number of hydrogen-bond acceptors (Lipinski definition) is 2. The molecule has 2 atom stereocenters. The van der Waals surface area contributed by atoms with E-state index in [1.807, 2.05) is 0 Å². The minimum Gasteiger partial charge on any atom is -0.323 e.